The molecule has 0 heterocycles. The molecule has 1 N–H and O–H groups in total. The molecule has 6 aliphatic rings. The third-order valence-electron chi connectivity index (χ3n) is 19.6. The molecule has 61 heavy (non-hydrogen) atoms. The third-order valence-corrected chi connectivity index (χ3v) is 19.6. The zero-order valence-electron chi connectivity index (χ0n) is 39.6. The molecule has 2 aromatic carbocycles. The van der Waals surface area contributed by atoms with E-state index in [0.29, 0.717) is 42.2 Å². The molecule has 0 spiro atoms. The van der Waals surface area contributed by atoms with Gasteiger partial charge in [-0.05, 0) is 123 Å². The molecule has 0 radical (unpaired) electrons. The summed E-state index contributed by atoms with van der Waals surface area (Å²) in [5.41, 5.74) is 1.05. The Morgan fingerprint density at radius 2 is 1.00 bits per heavy atom. The maximum Gasteiger partial charge on any atom is 0.146 e. The van der Waals surface area contributed by atoms with Crippen LogP contribution in [0.15, 0.2) is 60.7 Å². The van der Waals surface area contributed by atoms with E-state index in [0.717, 1.165) is 64.2 Å². The van der Waals surface area contributed by atoms with Gasteiger partial charge in [-0.1, -0.05) is 116 Å². The lowest BCUT2D eigenvalue weighted by atomic mass is 9.43. The lowest BCUT2D eigenvalue weighted by molar-refractivity contribution is -0.219. The Balaban J connectivity index is 0.000000185. The SMILES string of the molecule is COCOC1C[C@@](C)(Cc2ccccc2)C(=O)[C@H](C)C23CC[C@@H](C)[C@]1(C)C2[C@H](OC)CC3.CO[C@@H]1CCC23CC[C@@H](C)[C@](C)(C12)[C@H](O)C[C@@](C)(Cc1ccccc1)C(=O)[C@@H]3C. The summed E-state index contributed by atoms with van der Waals surface area (Å²) < 4.78 is 24.0. The Labute approximate surface area is 368 Å². The summed E-state index contributed by atoms with van der Waals surface area (Å²) in [4.78, 5) is 28.4. The van der Waals surface area contributed by atoms with Crippen molar-refractivity contribution < 1.29 is 33.6 Å². The second-order valence-electron chi connectivity index (χ2n) is 22.3. The number of methoxy groups -OCH3 is 3. The lowest BCUT2D eigenvalue weighted by Gasteiger charge is -2.62. The number of hydrogen-bond donors (Lipinski definition) is 1. The molecule has 7 heteroatoms. The summed E-state index contributed by atoms with van der Waals surface area (Å²) >= 11 is 0. The van der Waals surface area contributed by atoms with E-state index in [9.17, 15) is 14.7 Å². The van der Waals surface area contributed by atoms with Gasteiger partial charge in [0.25, 0.3) is 0 Å². The Kier molecular flexibility index (Phi) is 13.4. The van der Waals surface area contributed by atoms with Crippen LogP contribution in [0.25, 0.3) is 0 Å². The number of rotatable bonds is 9. The van der Waals surface area contributed by atoms with Crippen LogP contribution in [0.3, 0.4) is 0 Å². The monoisotopic (exact) mass is 841 g/mol. The number of hydrogen-bond acceptors (Lipinski definition) is 7. The molecule has 6 saturated carbocycles. The van der Waals surface area contributed by atoms with Crippen molar-refractivity contribution in [1.82, 2.24) is 0 Å². The average molecular weight is 841 g/mol. The van der Waals surface area contributed by atoms with Gasteiger partial charge in [0, 0.05) is 54.8 Å². The molecule has 4 bridgehead atoms. The molecule has 16 atom stereocenters. The van der Waals surface area contributed by atoms with Crippen LogP contribution >= 0.6 is 0 Å². The van der Waals surface area contributed by atoms with E-state index >= 15 is 0 Å². The summed E-state index contributed by atoms with van der Waals surface area (Å²) in [6, 6.07) is 20.8. The molecule has 5 unspecified atom stereocenters. The Bertz CT molecular complexity index is 1830. The number of benzene rings is 2. The molecule has 7 nitrogen and oxygen atoms in total. The highest BCUT2D eigenvalue weighted by Crippen LogP contribution is 2.70. The summed E-state index contributed by atoms with van der Waals surface area (Å²) in [5.74, 6) is 2.28. The summed E-state index contributed by atoms with van der Waals surface area (Å²) in [6.07, 6.45) is 11.1. The van der Waals surface area contributed by atoms with Gasteiger partial charge in [-0.3, -0.25) is 9.59 Å². The Hall–Kier alpha value is -2.42. The minimum absolute atomic E-state index is 0.000636. The van der Waals surface area contributed by atoms with E-state index in [1.807, 2.05) is 38.5 Å². The number of aliphatic hydroxyl groups excluding tert-OH is 1. The van der Waals surface area contributed by atoms with Crippen LogP contribution in [-0.2, 0) is 41.4 Å². The smallest absolute Gasteiger partial charge is 0.146 e. The summed E-state index contributed by atoms with van der Waals surface area (Å²) in [7, 11) is 5.34. The molecule has 2 aromatic rings. The van der Waals surface area contributed by atoms with Gasteiger partial charge in [-0.25, -0.2) is 0 Å². The number of carbonyl (C=O) groups excluding carboxylic acids is 2. The largest absolute Gasteiger partial charge is 0.393 e. The molecule has 0 saturated heterocycles. The number of carbonyl (C=O) groups is 2. The van der Waals surface area contributed by atoms with Gasteiger partial charge < -0.3 is 24.1 Å². The second-order valence-corrected chi connectivity index (χ2v) is 22.3. The van der Waals surface area contributed by atoms with Gasteiger partial charge in [0.2, 0.25) is 0 Å². The number of ether oxygens (including phenoxy) is 4. The van der Waals surface area contributed by atoms with E-state index in [1.165, 1.54) is 11.1 Å². The minimum Gasteiger partial charge on any atom is -0.393 e. The van der Waals surface area contributed by atoms with Gasteiger partial charge in [-0.15, -0.1) is 0 Å². The quantitative estimate of drug-likeness (QED) is 0.252. The lowest BCUT2D eigenvalue weighted by Crippen LogP contribution is -2.63. The Morgan fingerprint density at radius 1 is 0.590 bits per heavy atom. The van der Waals surface area contributed by atoms with Gasteiger partial charge >= 0.3 is 0 Å². The van der Waals surface area contributed by atoms with Crippen LogP contribution in [0, 0.1) is 68.0 Å². The zero-order valence-corrected chi connectivity index (χ0v) is 39.6. The topological polar surface area (TPSA) is 91.3 Å². The van der Waals surface area contributed by atoms with Gasteiger partial charge in [0.15, 0.2) is 0 Å². The van der Waals surface area contributed by atoms with Crippen molar-refractivity contribution in [3.8, 4) is 0 Å². The third kappa shape index (κ3) is 7.54. The number of ketones is 2. The van der Waals surface area contributed by atoms with E-state index in [2.05, 4.69) is 91.8 Å². The van der Waals surface area contributed by atoms with Crippen LogP contribution in [0.5, 0.6) is 0 Å². The van der Waals surface area contributed by atoms with Crippen molar-refractivity contribution in [2.75, 3.05) is 28.1 Å². The normalized spacial score (nSPS) is 45.6. The van der Waals surface area contributed by atoms with Crippen molar-refractivity contribution in [3.05, 3.63) is 71.8 Å². The van der Waals surface area contributed by atoms with E-state index < -0.39 is 16.9 Å². The fourth-order valence-electron chi connectivity index (χ4n) is 15.8. The molecule has 0 amide bonds. The first-order valence-corrected chi connectivity index (χ1v) is 23.9. The van der Waals surface area contributed by atoms with Crippen molar-refractivity contribution in [3.63, 3.8) is 0 Å². The highest BCUT2D eigenvalue weighted by molar-refractivity contribution is 5.88. The first-order chi connectivity index (χ1) is 28.9. The van der Waals surface area contributed by atoms with E-state index in [-0.39, 0.29) is 64.5 Å². The van der Waals surface area contributed by atoms with E-state index in [4.69, 9.17) is 18.9 Å². The highest BCUT2D eigenvalue weighted by Gasteiger charge is 2.69. The molecule has 8 rings (SSSR count). The van der Waals surface area contributed by atoms with Crippen LogP contribution in [0.2, 0.25) is 0 Å². The molecule has 338 valence electrons. The summed E-state index contributed by atoms with van der Waals surface area (Å²) in [6.45, 7) is 18.4. The predicted molar refractivity (Wildman–Crippen MR) is 242 cm³/mol. The summed E-state index contributed by atoms with van der Waals surface area (Å²) in [5, 5.41) is 11.7. The predicted octanol–water partition coefficient (Wildman–Crippen LogP) is 10.7. The first-order valence-electron chi connectivity index (χ1n) is 23.9. The maximum absolute atomic E-state index is 14.3. The molecular formula is C54H80O7. The van der Waals surface area contributed by atoms with Gasteiger partial charge in [0.1, 0.15) is 18.4 Å². The van der Waals surface area contributed by atoms with Crippen LogP contribution in [0.4, 0.5) is 0 Å². The zero-order chi connectivity index (χ0) is 44.2. The second kappa shape index (κ2) is 17.5. The van der Waals surface area contributed by atoms with Crippen molar-refractivity contribution in [2.45, 2.75) is 157 Å². The maximum atomic E-state index is 14.3. The van der Waals surface area contributed by atoms with Crippen LogP contribution < -0.4 is 0 Å². The molecular weight excluding hydrogens is 761 g/mol. The van der Waals surface area contributed by atoms with Crippen molar-refractivity contribution in [1.29, 1.82) is 0 Å². The van der Waals surface area contributed by atoms with E-state index in [1.54, 1.807) is 7.11 Å². The molecule has 0 aromatic heterocycles. The Morgan fingerprint density at radius 3 is 1.44 bits per heavy atom. The molecule has 6 fully saturated rings. The molecule has 6 aliphatic carbocycles. The molecule has 0 aliphatic heterocycles. The standard InChI is InChI=1S/C28H42O4.C26H38O3/c1-19-12-14-28-15-13-22(31-6)24(28)27(19,4)23(32-18-30-5)17-26(3,25(29)20(28)2)16-21-10-8-7-9-11-21;1-17-11-13-26-14-12-20(29-5)22(26)25(17,4)21(27)16-24(3,23(28)18(26)2)15-19-9-7-6-8-10-19/h7-11,19-20,22-24H,12-18H2,1-6H3;6-10,17-18,20-22,27H,11-16H2,1-5H3/t19-,20+,22-,23?,24?,26-,27+,28?;17-,18+,20-,21-,22?,24-,25+,26?/m11/s1. The fourth-order valence-corrected chi connectivity index (χ4v) is 15.8. The van der Waals surface area contributed by atoms with Crippen LogP contribution in [-0.4, -0.2) is 69.2 Å². The van der Waals surface area contributed by atoms with Gasteiger partial charge in [-0.2, -0.15) is 0 Å². The highest BCUT2D eigenvalue weighted by atomic mass is 16.7. The first kappa shape index (κ1) is 46.6. The number of Topliss-reactive ketones (excluding diaryl/α,β-unsaturated/α-hetero) is 2. The van der Waals surface area contributed by atoms with Gasteiger partial charge in [0.05, 0.1) is 24.4 Å². The van der Waals surface area contributed by atoms with Crippen molar-refractivity contribution in [2.24, 2.45) is 68.0 Å². The number of aliphatic hydroxyl groups is 1. The van der Waals surface area contributed by atoms with Crippen molar-refractivity contribution >= 4 is 11.6 Å². The van der Waals surface area contributed by atoms with Crippen LogP contribution in [0.1, 0.15) is 131 Å². The fraction of sp³-hybridized carbons (Fsp3) is 0.741. The minimum atomic E-state index is -0.540. The average Bonchev–Trinajstić information content (AvgIpc) is 3.85.